The van der Waals surface area contributed by atoms with Gasteiger partial charge >= 0.3 is 0 Å². The number of amides is 1. The van der Waals surface area contributed by atoms with Crippen LogP contribution in [0.1, 0.15) is 18.4 Å². The first-order valence-corrected chi connectivity index (χ1v) is 6.64. The number of hydrogen-bond acceptors (Lipinski definition) is 3. The molecule has 2 aliphatic heterocycles. The number of carbonyl (C=O) groups excluding carboxylic acids is 1. The van der Waals surface area contributed by atoms with Gasteiger partial charge in [0.05, 0.1) is 9.50 Å². The maximum Gasteiger partial charge on any atom is 0.220 e. The third kappa shape index (κ3) is 1.64. The summed E-state index contributed by atoms with van der Waals surface area (Å²) in [7, 11) is 0. The van der Waals surface area contributed by atoms with E-state index < -0.39 is 0 Å². The van der Waals surface area contributed by atoms with E-state index in [1.807, 2.05) is 0 Å². The van der Waals surface area contributed by atoms with E-state index in [1.54, 1.807) is 6.20 Å². The van der Waals surface area contributed by atoms with Crippen LogP contribution < -0.4 is 10.6 Å². The molecule has 1 saturated heterocycles. The molecule has 6 heteroatoms. The predicted octanol–water partition coefficient (Wildman–Crippen LogP) is 2.07. The molecule has 0 aliphatic carbocycles. The summed E-state index contributed by atoms with van der Waals surface area (Å²) in [5.74, 6) is 0.956. The molecule has 90 valence electrons. The van der Waals surface area contributed by atoms with E-state index in [4.69, 9.17) is 11.6 Å². The smallest absolute Gasteiger partial charge is 0.220 e. The largest absolute Gasteiger partial charge is 0.369 e. The molecule has 1 fully saturated rings. The molecule has 0 radical (unpaired) electrons. The van der Waals surface area contributed by atoms with Gasteiger partial charge in [0.1, 0.15) is 5.82 Å². The molecule has 4 nitrogen and oxygen atoms in total. The van der Waals surface area contributed by atoms with Crippen LogP contribution in [0.25, 0.3) is 0 Å². The van der Waals surface area contributed by atoms with Gasteiger partial charge in [-0.05, 0) is 22.4 Å². The Morgan fingerprint density at radius 2 is 2.18 bits per heavy atom. The maximum absolute atomic E-state index is 11.3. The maximum atomic E-state index is 11.3. The van der Waals surface area contributed by atoms with E-state index in [9.17, 15) is 4.79 Å². The highest BCUT2D eigenvalue weighted by atomic mass is 79.9. The van der Waals surface area contributed by atoms with Gasteiger partial charge < -0.3 is 10.6 Å². The first-order valence-electron chi connectivity index (χ1n) is 5.47. The fourth-order valence-corrected chi connectivity index (χ4v) is 3.23. The van der Waals surface area contributed by atoms with E-state index in [1.165, 1.54) is 0 Å². The van der Waals surface area contributed by atoms with E-state index in [0.717, 1.165) is 28.8 Å². The Balaban J connectivity index is 2.08. The number of piperidine rings is 1. The van der Waals surface area contributed by atoms with Crippen molar-refractivity contribution in [3.63, 3.8) is 0 Å². The third-order valence-corrected chi connectivity index (χ3v) is 4.77. The molecule has 1 spiro atoms. The Bertz CT molecular complexity index is 496. The molecule has 0 aromatic carbocycles. The molecule has 0 saturated carbocycles. The van der Waals surface area contributed by atoms with Crippen LogP contribution in [-0.2, 0) is 10.2 Å². The second-order valence-corrected chi connectivity index (χ2v) is 5.79. The number of rotatable bonds is 0. The summed E-state index contributed by atoms with van der Waals surface area (Å²) in [6, 6.07) is 0. The average Bonchev–Trinajstić information content (AvgIpc) is 2.68. The van der Waals surface area contributed by atoms with Gasteiger partial charge in [0.2, 0.25) is 5.91 Å². The Labute approximate surface area is 112 Å². The van der Waals surface area contributed by atoms with Gasteiger partial charge in [-0.3, -0.25) is 4.79 Å². The normalized spacial score (nSPS) is 26.6. The van der Waals surface area contributed by atoms with Crippen LogP contribution in [0.3, 0.4) is 0 Å². The van der Waals surface area contributed by atoms with Crippen molar-refractivity contribution in [3.05, 3.63) is 21.3 Å². The highest BCUT2D eigenvalue weighted by Gasteiger charge is 2.44. The summed E-state index contributed by atoms with van der Waals surface area (Å²) in [6.07, 6.45) is 3.06. The van der Waals surface area contributed by atoms with E-state index in [-0.39, 0.29) is 11.3 Å². The standard InChI is InChI=1S/C11H11BrClN3O/c12-6-3-14-10-8(9(6)13)11(5-16-10)2-1-7(17)15-4-11/h3H,1-2,4-5H2,(H,14,16)(H,15,17). The first kappa shape index (κ1) is 11.3. The number of aromatic nitrogens is 1. The minimum atomic E-state index is -0.100. The number of anilines is 1. The van der Waals surface area contributed by atoms with E-state index in [2.05, 4.69) is 31.5 Å². The zero-order chi connectivity index (χ0) is 12.0. The van der Waals surface area contributed by atoms with Crippen LogP contribution in [-0.4, -0.2) is 24.0 Å². The molecule has 1 aromatic rings. The Hall–Kier alpha value is -0.810. The zero-order valence-corrected chi connectivity index (χ0v) is 11.4. The molecule has 3 heterocycles. The SMILES string of the molecule is O=C1CCC2(CN1)CNc1ncc(Br)c(Cl)c12. The molecule has 0 bridgehead atoms. The van der Waals surface area contributed by atoms with Gasteiger partial charge in [-0.2, -0.15) is 0 Å². The number of fused-ring (bicyclic) bond motifs is 2. The number of carbonyl (C=O) groups is 1. The summed E-state index contributed by atoms with van der Waals surface area (Å²) in [6.45, 7) is 1.41. The summed E-state index contributed by atoms with van der Waals surface area (Å²) in [4.78, 5) is 15.6. The van der Waals surface area contributed by atoms with E-state index in [0.29, 0.717) is 18.0 Å². The van der Waals surface area contributed by atoms with Crippen molar-refractivity contribution in [1.82, 2.24) is 10.3 Å². The number of hydrogen-bond donors (Lipinski definition) is 2. The number of nitrogens with zero attached hydrogens (tertiary/aromatic N) is 1. The lowest BCUT2D eigenvalue weighted by Gasteiger charge is -2.33. The van der Waals surface area contributed by atoms with Crippen LogP contribution in [0.5, 0.6) is 0 Å². The van der Waals surface area contributed by atoms with Crippen LogP contribution in [0.15, 0.2) is 10.7 Å². The molecule has 2 aliphatic rings. The molecule has 1 aromatic heterocycles. The van der Waals surface area contributed by atoms with Gasteiger partial charge in [-0.15, -0.1) is 0 Å². The van der Waals surface area contributed by atoms with Gasteiger partial charge in [-0.1, -0.05) is 11.6 Å². The molecule has 1 amide bonds. The minimum absolute atomic E-state index is 0.100. The van der Waals surface area contributed by atoms with Gasteiger partial charge in [0, 0.05) is 36.7 Å². The number of halogens is 2. The molecule has 17 heavy (non-hydrogen) atoms. The Kier molecular flexibility index (Phi) is 2.56. The van der Waals surface area contributed by atoms with E-state index >= 15 is 0 Å². The van der Waals surface area contributed by atoms with Crippen LogP contribution in [0, 0.1) is 0 Å². The quantitative estimate of drug-likeness (QED) is 0.770. The fraction of sp³-hybridized carbons (Fsp3) is 0.455. The van der Waals surface area contributed by atoms with Crippen molar-refractivity contribution in [2.24, 2.45) is 0 Å². The third-order valence-electron chi connectivity index (χ3n) is 3.55. The van der Waals surface area contributed by atoms with Crippen molar-refractivity contribution in [3.8, 4) is 0 Å². The molecular formula is C11H11BrClN3O. The van der Waals surface area contributed by atoms with Crippen LogP contribution in [0.2, 0.25) is 5.02 Å². The fourth-order valence-electron chi connectivity index (χ4n) is 2.59. The monoisotopic (exact) mass is 315 g/mol. The second kappa shape index (κ2) is 3.85. The molecular weight excluding hydrogens is 305 g/mol. The topological polar surface area (TPSA) is 54.0 Å². The van der Waals surface area contributed by atoms with Gasteiger partial charge in [0.15, 0.2) is 0 Å². The van der Waals surface area contributed by atoms with Gasteiger partial charge in [-0.25, -0.2) is 4.98 Å². The number of nitrogens with one attached hydrogen (secondary N) is 2. The summed E-state index contributed by atoms with van der Waals surface area (Å²) in [5, 5.41) is 6.90. The van der Waals surface area contributed by atoms with Crippen molar-refractivity contribution >= 4 is 39.3 Å². The van der Waals surface area contributed by atoms with Crippen LogP contribution in [0.4, 0.5) is 5.82 Å². The molecule has 1 unspecified atom stereocenters. The Morgan fingerprint density at radius 1 is 1.41 bits per heavy atom. The predicted molar refractivity (Wildman–Crippen MR) is 69.4 cm³/mol. The zero-order valence-electron chi connectivity index (χ0n) is 9.02. The van der Waals surface area contributed by atoms with Gasteiger partial charge in [0.25, 0.3) is 0 Å². The minimum Gasteiger partial charge on any atom is -0.369 e. The highest BCUT2D eigenvalue weighted by molar-refractivity contribution is 9.10. The molecule has 3 rings (SSSR count). The van der Waals surface area contributed by atoms with Crippen molar-refractivity contribution in [2.45, 2.75) is 18.3 Å². The molecule has 1 atom stereocenters. The van der Waals surface area contributed by atoms with Crippen molar-refractivity contribution in [1.29, 1.82) is 0 Å². The van der Waals surface area contributed by atoms with Crippen molar-refractivity contribution in [2.75, 3.05) is 18.4 Å². The average molecular weight is 317 g/mol. The summed E-state index contributed by atoms with van der Waals surface area (Å²) < 4.78 is 0.804. The summed E-state index contributed by atoms with van der Waals surface area (Å²) >= 11 is 9.76. The lowest BCUT2D eigenvalue weighted by molar-refractivity contribution is -0.123. The second-order valence-electron chi connectivity index (χ2n) is 4.55. The number of pyridine rings is 1. The summed E-state index contributed by atoms with van der Waals surface area (Å²) in [5.41, 5.74) is 0.936. The van der Waals surface area contributed by atoms with Crippen LogP contribution >= 0.6 is 27.5 Å². The highest BCUT2D eigenvalue weighted by Crippen LogP contribution is 2.45. The first-order chi connectivity index (χ1) is 8.12. The molecule has 2 N–H and O–H groups in total. The lowest BCUT2D eigenvalue weighted by Crippen LogP contribution is -2.47. The lowest BCUT2D eigenvalue weighted by atomic mass is 9.76. The Morgan fingerprint density at radius 3 is 2.88 bits per heavy atom. The van der Waals surface area contributed by atoms with Crippen molar-refractivity contribution < 1.29 is 4.79 Å².